The Morgan fingerprint density at radius 3 is 2.37 bits per heavy atom. The van der Waals surface area contributed by atoms with Gasteiger partial charge in [0.2, 0.25) is 0 Å². The molecule has 4 heteroatoms. The third kappa shape index (κ3) is 2.34. The number of nitrogens with zero attached hydrogens (tertiary/aromatic N) is 1. The first-order valence-corrected chi connectivity index (χ1v) is 6.76. The first kappa shape index (κ1) is 12.5. The Balaban J connectivity index is 2.10. The second-order valence-electron chi connectivity index (χ2n) is 4.46. The van der Waals surface area contributed by atoms with Crippen LogP contribution in [-0.4, -0.2) is 12.3 Å². The van der Waals surface area contributed by atoms with Crippen molar-refractivity contribution in [2.75, 3.05) is 11.4 Å². The van der Waals surface area contributed by atoms with Gasteiger partial charge in [-0.1, -0.05) is 23.2 Å². The fourth-order valence-electron chi connectivity index (χ4n) is 2.32. The number of Topliss-reactive ketones (excluding diaryl/α,β-unsaturated/α-hetero) is 1. The van der Waals surface area contributed by atoms with Gasteiger partial charge in [0.1, 0.15) is 0 Å². The quantitative estimate of drug-likeness (QED) is 0.758. The van der Waals surface area contributed by atoms with Crippen LogP contribution in [0, 0.1) is 0 Å². The summed E-state index contributed by atoms with van der Waals surface area (Å²) in [4.78, 5) is 14.0. The van der Waals surface area contributed by atoms with Crippen molar-refractivity contribution < 1.29 is 4.79 Å². The molecule has 0 amide bonds. The van der Waals surface area contributed by atoms with Gasteiger partial charge in [0.25, 0.3) is 0 Å². The monoisotopic (exact) mass is 291 g/mol. The molecule has 0 spiro atoms. The molecular weight excluding hydrogens is 281 g/mol. The van der Waals surface area contributed by atoms with Crippen molar-refractivity contribution in [3.63, 3.8) is 0 Å². The number of carbonyl (C=O) groups is 1. The maximum atomic E-state index is 11.9. The molecule has 0 aliphatic carbocycles. The molecule has 0 saturated heterocycles. The Bertz CT molecular complexity index is 637. The smallest absolute Gasteiger partial charge is 0.166 e. The van der Waals surface area contributed by atoms with E-state index in [1.54, 1.807) is 12.1 Å². The third-order valence-electron chi connectivity index (χ3n) is 3.25. The summed E-state index contributed by atoms with van der Waals surface area (Å²) in [6.07, 6.45) is 0.511. The molecule has 0 saturated carbocycles. The van der Waals surface area contributed by atoms with Crippen molar-refractivity contribution in [3.8, 4) is 0 Å². The number of halogens is 2. The molecule has 2 nitrogen and oxygen atoms in total. The molecule has 0 aromatic heterocycles. The normalized spacial score (nSPS) is 14.4. The molecule has 0 atom stereocenters. The number of hydrogen-bond acceptors (Lipinski definition) is 2. The number of rotatable bonds is 1. The van der Waals surface area contributed by atoms with Crippen LogP contribution in [0.4, 0.5) is 11.4 Å². The molecular formula is C15H11Cl2NO. The van der Waals surface area contributed by atoms with E-state index in [0.29, 0.717) is 23.0 Å². The van der Waals surface area contributed by atoms with Crippen LogP contribution in [0.25, 0.3) is 0 Å². The van der Waals surface area contributed by atoms with Crippen LogP contribution in [0.15, 0.2) is 42.5 Å². The molecule has 3 rings (SSSR count). The van der Waals surface area contributed by atoms with E-state index >= 15 is 0 Å². The third-order valence-corrected chi connectivity index (χ3v) is 3.74. The van der Waals surface area contributed by atoms with Crippen LogP contribution < -0.4 is 4.90 Å². The fourth-order valence-corrected chi connectivity index (χ4v) is 2.61. The van der Waals surface area contributed by atoms with Gasteiger partial charge in [-0.2, -0.15) is 0 Å². The SMILES string of the molecule is O=C1CCN(c2ccc(Cl)cc2)c2cc(Cl)ccc21. The summed E-state index contributed by atoms with van der Waals surface area (Å²) in [6.45, 7) is 0.661. The van der Waals surface area contributed by atoms with E-state index in [9.17, 15) is 4.79 Å². The summed E-state index contributed by atoms with van der Waals surface area (Å²) in [7, 11) is 0. The molecule has 0 N–H and O–H groups in total. The molecule has 0 radical (unpaired) electrons. The largest absolute Gasteiger partial charge is 0.340 e. The topological polar surface area (TPSA) is 20.3 Å². The van der Waals surface area contributed by atoms with E-state index in [1.807, 2.05) is 30.3 Å². The number of benzene rings is 2. The van der Waals surface area contributed by atoms with Gasteiger partial charge in [-0.3, -0.25) is 4.79 Å². The predicted molar refractivity (Wildman–Crippen MR) is 78.9 cm³/mol. The fraction of sp³-hybridized carbons (Fsp3) is 0.133. The van der Waals surface area contributed by atoms with Crippen LogP contribution in [-0.2, 0) is 0 Å². The molecule has 1 heterocycles. The van der Waals surface area contributed by atoms with Gasteiger partial charge in [-0.05, 0) is 42.5 Å². The minimum Gasteiger partial charge on any atom is -0.340 e. The Labute approximate surface area is 121 Å². The van der Waals surface area contributed by atoms with Gasteiger partial charge in [0, 0.05) is 34.3 Å². The van der Waals surface area contributed by atoms with E-state index in [2.05, 4.69) is 4.90 Å². The number of anilines is 2. The summed E-state index contributed by atoms with van der Waals surface area (Å²) in [5, 5.41) is 1.33. The minimum atomic E-state index is 0.164. The Morgan fingerprint density at radius 2 is 1.63 bits per heavy atom. The summed E-state index contributed by atoms with van der Waals surface area (Å²) in [5.74, 6) is 0.164. The molecule has 1 aliphatic heterocycles. The van der Waals surface area contributed by atoms with Gasteiger partial charge in [-0.15, -0.1) is 0 Å². The average molecular weight is 292 g/mol. The van der Waals surface area contributed by atoms with Crippen molar-refractivity contribution in [3.05, 3.63) is 58.1 Å². The van der Waals surface area contributed by atoms with Crippen LogP contribution in [0.3, 0.4) is 0 Å². The lowest BCUT2D eigenvalue weighted by atomic mass is 10.00. The molecule has 0 bridgehead atoms. The first-order chi connectivity index (χ1) is 9.15. The highest BCUT2D eigenvalue weighted by molar-refractivity contribution is 6.31. The van der Waals surface area contributed by atoms with Crippen LogP contribution in [0.1, 0.15) is 16.8 Å². The van der Waals surface area contributed by atoms with Crippen LogP contribution >= 0.6 is 23.2 Å². The predicted octanol–water partition coefficient (Wildman–Crippen LogP) is 4.72. The van der Waals surface area contributed by atoms with Crippen molar-refractivity contribution >= 4 is 40.4 Å². The maximum absolute atomic E-state index is 11.9. The molecule has 96 valence electrons. The van der Waals surface area contributed by atoms with Crippen LogP contribution in [0.5, 0.6) is 0 Å². The van der Waals surface area contributed by atoms with Crippen molar-refractivity contribution in [2.45, 2.75) is 6.42 Å². The van der Waals surface area contributed by atoms with E-state index < -0.39 is 0 Å². The molecule has 1 aliphatic rings. The highest BCUT2D eigenvalue weighted by atomic mass is 35.5. The number of ketones is 1. The molecule has 0 fully saturated rings. The summed E-state index contributed by atoms with van der Waals surface area (Å²) in [6, 6.07) is 13.0. The van der Waals surface area contributed by atoms with Crippen molar-refractivity contribution in [1.82, 2.24) is 0 Å². The molecule has 2 aromatic carbocycles. The summed E-state index contributed by atoms with van der Waals surface area (Å²) < 4.78 is 0. The Hall–Kier alpha value is -1.51. The lowest BCUT2D eigenvalue weighted by Crippen LogP contribution is -2.27. The summed E-state index contributed by atoms with van der Waals surface area (Å²) >= 11 is 11.9. The van der Waals surface area contributed by atoms with Gasteiger partial charge in [-0.25, -0.2) is 0 Å². The van der Waals surface area contributed by atoms with E-state index in [-0.39, 0.29) is 5.78 Å². The molecule has 19 heavy (non-hydrogen) atoms. The Kier molecular flexibility index (Phi) is 3.21. The standard InChI is InChI=1S/C15H11Cl2NO/c16-10-1-4-12(5-2-10)18-8-7-15(19)13-6-3-11(17)9-14(13)18/h1-6,9H,7-8H2. The zero-order valence-corrected chi connectivity index (χ0v) is 11.6. The number of hydrogen-bond donors (Lipinski definition) is 0. The van der Waals surface area contributed by atoms with Crippen molar-refractivity contribution in [1.29, 1.82) is 0 Å². The Morgan fingerprint density at radius 1 is 0.947 bits per heavy atom. The van der Waals surface area contributed by atoms with Gasteiger partial charge in [0.05, 0.1) is 5.69 Å². The zero-order valence-electron chi connectivity index (χ0n) is 10.1. The lowest BCUT2D eigenvalue weighted by molar-refractivity contribution is 0.0981. The first-order valence-electron chi connectivity index (χ1n) is 6.01. The van der Waals surface area contributed by atoms with Gasteiger partial charge in [0.15, 0.2) is 5.78 Å². The molecule has 2 aromatic rings. The zero-order chi connectivity index (χ0) is 13.4. The number of carbonyl (C=O) groups excluding carboxylic acids is 1. The van der Waals surface area contributed by atoms with E-state index in [1.165, 1.54) is 0 Å². The minimum absolute atomic E-state index is 0.164. The second kappa shape index (κ2) is 4.87. The second-order valence-corrected chi connectivity index (χ2v) is 5.34. The highest BCUT2D eigenvalue weighted by Crippen LogP contribution is 2.35. The lowest BCUT2D eigenvalue weighted by Gasteiger charge is -2.30. The summed E-state index contributed by atoms with van der Waals surface area (Å²) in [5.41, 5.74) is 2.61. The van der Waals surface area contributed by atoms with Gasteiger partial charge >= 0.3 is 0 Å². The highest BCUT2D eigenvalue weighted by Gasteiger charge is 2.24. The van der Waals surface area contributed by atoms with E-state index in [4.69, 9.17) is 23.2 Å². The number of fused-ring (bicyclic) bond motifs is 1. The molecule has 0 unspecified atom stereocenters. The maximum Gasteiger partial charge on any atom is 0.166 e. The van der Waals surface area contributed by atoms with Crippen molar-refractivity contribution in [2.24, 2.45) is 0 Å². The van der Waals surface area contributed by atoms with E-state index in [0.717, 1.165) is 16.9 Å². The van der Waals surface area contributed by atoms with Crippen LogP contribution in [0.2, 0.25) is 10.0 Å². The average Bonchev–Trinajstić information content (AvgIpc) is 2.40. The van der Waals surface area contributed by atoms with Gasteiger partial charge < -0.3 is 4.90 Å².